The second-order valence-corrected chi connectivity index (χ2v) is 17.1. The molecule has 0 bridgehead atoms. The quantitative estimate of drug-likeness (QED) is 0.341. The molecule has 4 saturated carbocycles. The van der Waals surface area contributed by atoms with Crippen LogP contribution in [0.15, 0.2) is 0 Å². The van der Waals surface area contributed by atoms with Crippen LogP contribution in [0.2, 0.25) is 0 Å². The lowest BCUT2D eigenvalue weighted by Gasteiger charge is -2.57. The molecule has 4 fully saturated rings. The average molecular weight is 499 g/mol. The third-order valence-electron chi connectivity index (χ3n) is 14.1. The maximum absolute atomic E-state index is 2.72. The van der Waals surface area contributed by atoms with Gasteiger partial charge < -0.3 is 0 Å². The molecule has 0 amide bonds. The molecule has 0 spiro atoms. The van der Waals surface area contributed by atoms with E-state index < -0.39 is 0 Å². The van der Waals surface area contributed by atoms with Gasteiger partial charge in [-0.1, -0.05) is 101 Å². The Morgan fingerprint density at radius 2 is 0.500 bits per heavy atom. The third kappa shape index (κ3) is 6.09. The highest BCUT2D eigenvalue weighted by Crippen LogP contribution is 2.60. The highest BCUT2D eigenvalue weighted by Gasteiger charge is 2.51. The van der Waals surface area contributed by atoms with Crippen molar-refractivity contribution in [1.82, 2.24) is 0 Å². The minimum absolute atomic E-state index is 0.505. The lowest BCUT2D eigenvalue weighted by molar-refractivity contribution is -0.0693. The van der Waals surface area contributed by atoms with Gasteiger partial charge in [0.1, 0.15) is 0 Å². The molecule has 0 saturated heterocycles. The summed E-state index contributed by atoms with van der Waals surface area (Å²) in [4.78, 5) is 0. The monoisotopic (exact) mass is 499 g/mol. The summed E-state index contributed by atoms with van der Waals surface area (Å²) >= 11 is 0. The van der Waals surface area contributed by atoms with Gasteiger partial charge in [0.05, 0.1) is 0 Å². The molecule has 0 aliphatic heterocycles. The molecule has 0 nitrogen and oxygen atoms in total. The average Bonchev–Trinajstić information content (AvgIpc) is 2.84. The predicted molar refractivity (Wildman–Crippen MR) is 159 cm³/mol. The number of hydrogen-bond donors (Lipinski definition) is 0. The molecule has 4 rings (SSSR count). The Morgan fingerprint density at radius 3 is 0.694 bits per heavy atom. The molecule has 210 valence electrons. The van der Waals surface area contributed by atoms with Crippen LogP contribution >= 0.6 is 0 Å². The van der Waals surface area contributed by atoms with Crippen LogP contribution in [0.5, 0.6) is 0 Å². The van der Waals surface area contributed by atoms with Gasteiger partial charge in [-0.05, 0) is 127 Å². The summed E-state index contributed by atoms with van der Waals surface area (Å²) < 4.78 is 0. The van der Waals surface area contributed by atoms with Crippen molar-refractivity contribution in [1.29, 1.82) is 0 Å². The van der Waals surface area contributed by atoms with Crippen molar-refractivity contribution in [2.45, 2.75) is 159 Å². The summed E-state index contributed by atoms with van der Waals surface area (Å²) in [7, 11) is 0. The predicted octanol–water partition coefficient (Wildman–Crippen LogP) is 11.6. The lowest BCUT2D eigenvalue weighted by Crippen LogP contribution is -2.48. The molecule has 0 aromatic rings. The van der Waals surface area contributed by atoms with Gasteiger partial charge in [0, 0.05) is 0 Å². The van der Waals surface area contributed by atoms with Crippen LogP contribution < -0.4 is 0 Å². The van der Waals surface area contributed by atoms with E-state index in [0.717, 1.165) is 53.3 Å². The summed E-state index contributed by atoms with van der Waals surface area (Å²) in [5.74, 6) is 8.51. The fraction of sp³-hybridized carbons (Fsp3) is 1.00. The van der Waals surface area contributed by atoms with Crippen LogP contribution in [0.1, 0.15) is 159 Å². The lowest BCUT2D eigenvalue weighted by atomic mass is 9.48. The molecule has 4 aliphatic carbocycles. The van der Waals surface area contributed by atoms with Crippen molar-refractivity contribution >= 4 is 0 Å². The number of rotatable bonds is 6. The van der Waals surface area contributed by atoms with Gasteiger partial charge in [0.25, 0.3) is 0 Å². The zero-order chi connectivity index (χ0) is 26.3. The molecule has 0 N–H and O–H groups in total. The Labute approximate surface area is 227 Å². The number of hydrogen-bond acceptors (Lipinski definition) is 0. The Bertz CT molecular complexity index is 572. The first-order chi connectivity index (χ1) is 16.8. The first-order valence-corrected chi connectivity index (χ1v) is 16.8. The van der Waals surface area contributed by atoms with Crippen LogP contribution in [0.4, 0.5) is 0 Å². The summed E-state index contributed by atoms with van der Waals surface area (Å²) in [5.41, 5.74) is 1.52. The van der Waals surface area contributed by atoms with Crippen LogP contribution in [-0.4, -0.2) is 0 Å². The van der Waals surface area contributed by atoms with Crippen LogP contribution in [0.3, 0.4) is 0 Å². The van der Waals surface area contributed by atoms with E-state index in [-0.39, 0.29) is 0 Å². The Kier molecular flexibility index (Phi) is 9.05. The Hall–Kier alpha value is 0. The fourth-order valence-corrected chi connectivity index (χ4v) is 10.2. The van der Waals surface area contributed by atoms with Crippen molar-refractivity contribution in [3.05, 3.63) is 0 Å². The largest absolute Gasteiger partial charge is 0.0625 e. The van der Waals surface area contributed by atoms with E-state index in [2.05, 4.69) is 62.3 Å². The zero-order valence-electron chi connectivity index (χ0n) is 26.3. The van der Waals surface area contributed by atoms with Gasteiger partial charge in [-0.2, -0.15) is 0 Å². The first kappa shape index (κ1) is 29.0. The molecule has 0 atom stereocenters. The highest BCUT2D eigenvalue weighted by molar-refractivity contribution is 5.01. The van der Waals surface area contributed by atoms with E-state index in [4.69, 9.17) is 0 Å². The summed E-state index contributed by atoms with van der Waals surface area (Å²) in [6, 6.07) is 0. The topological polar surface area (TPSA) is 0 Å². The molecule has 0 aromatic heterocycles. The van der Waals surface area contributed by atoms with Crippen molar-refractivity contribution in [3.63, 3.8) is 0 Å². The molecule has 0 heterocycles. The van der Waals surface area contributed by atoms with E-state index >= 15 is 0 Å². The smallest absolute Gasteiger partial charge is 0.0297 e. The van der Waals surface area contributed by atoms with E-state index in [0.29, 0.717) is 16.2 Å². The molecular formula is C36H66. The Balaban J connectivity index is 1.58. The zero-order valence-corrected chi connectivity index (χ0v) is 26.3. The SMILES string of the molecule is CC1CCC(C(C)(C)C2CC(C(C)(C)C3CCC(C)CC3)CC(C(C)(C)C3CCC(C)CC3)C2)CC1. The van der Waals surface area contributed by atoms with E-state index in [1.165, 1.54) is 96.3 Å². The third-order valence-corrected chi connectivity index (χ3v) is 14.1. The van der Waals surface area contributed by atoms with Crippen molar-refractivity contribution in [2.24, 2.45) is 69.5 Å². The van der Waals surface area contributed by atoms with E-state index in [1.807, 2.05) is 0 Å². The van der Waals surface area contributed by atoms with E-state index in [9.17, 15) is 0 Å². The maximum Gasteiger partial charge on any atom is -0.0297 e. The van der Waals surface area contributed by atoms with Crippen molar-refractivity contribution in [2.75, 3.05) is 0 Å². The van der Waals surface area contributed by atoms with Crippen molar-refractivity contribution < 1.29 is 0 Å². The minimum Gasteiger partial charge on any atom is -0.0625 e. The molecule has 36 heavy (non-hydrogen) atoms. The molecule has 4 aliphatic rings. The van der Waals surface area contributed by atoms with Gasteiger partial charge in [-0.25, -0.2) is 0 Å². The van der Waals surface area contributed by atoms with Gasteiger partial charge in [-0.15, -0.1) is 0 Å². The normalized spacial score (nSPS) is 41.8. The summed E-state index contributed by atoms with van der Waals surface area (Å²) in [6.07, 6.45) is 22.4. The first-order valence-electron chi connectivity index (χ1n) is 16.8. The van der Waals surface area contributed by atoms with Crippen molar-refractivity contribution in [3.8, 4) is 0 Å². The fourth-order valence-electron chi connectivity index (χ4n) is 10.2. The van der Waals surface area contributed by atoms with Crippen LogP contribution in [0.25, 0.3) is 0 Å². The molecular weight excluding hydrogens is 432 g/mol. The summed E-state index contributed by atoms with van der Waals surface area (Å²) in [5, 5.41) is 0. The highest BCUT2D eigenvalue weighted by atomic mass is 14.6. The van der Waals surface area contributed by atoms with Gasteiger partial charge in [0.2, 0.25) is 0 Å². The maximum atomic E-state index is 2.72. The van der Waals surface area contributed by atoms with Crippen LogP contribution in [-0.2, 0) is 0 Å². The van der Waals surface area contributed by atoms with E-state index in [1.54, 1.807) is 0 Å². The van der Waals surface area contributed by atoms with Gasteiger partial charge >= 0.3 is 0 Å². The Morgan fingerprint density at radius 1 is 0.306 bits per heavy atom. The minimum atomic E-state index is 0.505. The second kappa shape index (κ2) is 11.2. The second-order valence-electron chi connectivity index (χ2n) is 17.1. The molecule has 0 aromatic carbocycles. The summed E-state index contributed by atoms with van der Waals surface area (Å²) in [6.45, 7) is 23.8. The standard InChI is InChI=1S/C36H66/c1-25-10-16-28(17-11-25)34(4,5)31-22-32(35(6,7)29-18-12-26(2)13-19-29)24-33(23-31)36(8,9)30-20-14-27(3)15-21-30/h25-33H,10-24H2,1-9H3. The molecule has 0 radical (unpaired) electrons. The van der Waals surface area contributed by atoms with Crippen LogP contribution in [0, 0.1) is 69.5 Å². The molecule has 0 unspecified atom stereocenters. The molecule has 0 heteroatoms. The van der Waals surface area contributed by atoms with Gasteiger partial charge in [-0.3, -0.25) is 0 Å². The van der Waals surface area contributed by atoms with Gasteiger partial charge in [0.15, 0.2) is 0 Å².